The fourth-order valence-electron chi connectivity index (χ4n) is 2.82. The number of halogens is 1. The predicted molar refractivity (Wildman–Crippen MR) is 124 cm³/mol. The molecule has 4 N–H and O–H groups in total. The Hall–Kier alpha value is -2.69. The van der Waals surface area contributed by atoms with E-state index in [9.17, 15) is 8.42 Å². The summed E-state index contributed by atoms with van der Waals surface area (Å²) < 4.78 is 27.6. The summed E-state index contributed by atoms with van der Waals surface area (Å²) in [5.74, 6) is 0.888. The van der Waals surface area contributed by atoms with E-state index in [0.717, 1.165) is 10.2 Å². The first kappa shape index (κ1) is 22.0. The number of nitrogens with one attached hydrogen (secondary N) is 2. The monoisotopic (exact) mass is 490 g/mol. The molecular weight excluding hydrogens is 468 g/mol. The van der Waals surface area contributed by atoms with Gasteiger partial charge in [0, 0.05) is 28.9 Å². The number of rotatable bonds is 8. The van der Waals surface area contributed by atoms with Gasteiger partial charge in [-0.05, 0) is 48.5 Å². The quantitative estimate of drug-likeness (QED) is 0.430. The van der Waals surface area contributed by atoms with E-state index in [4.69, 9.17) is 5.73 Å². The third kappa shape index (κ3) is 4.89. The van der Waals surface area contributed by atoms with Crippen LogP contribution in [0.2, 0.25) is 0 Å². The Labute approximate surface area is 184 Å². The van der Waals surface area contributed by atoms with Gasteiger partial charge in [0.05, 0.1) is 4.90 Å². The van der Waals surface area contributed by atoms with Gasteiger partial charge in [-0.2, -0.15) is 4.31 Å². The van der Waals surface area contributed by atoms with Gasteiger partial charge in [0.2, 0.25) is 10.0 Å². The van der Waals surface area contributed by atoms with E-state index in [2.05, 4.69) is 36.5 Å². The second-order valence-corrected chi connectivity index (χ2v) is 9.21. The SMILES string of the molecule is CCN(CC)S(=O)(=O)c1ccc(Nc2ncnc(Nc3ccc(Br)cc3)c2N)cc1. The van der Waals surface area contributed by atoms with Crippen LogP contribution in [-0.2, 0) is 10.0 Å². The van der Waals surface area contributed by atoms with Gasteiger partial charge in [0.25, 0.3) is 0 Å². The van der Waals surface area contributed by atoms with Crippen molar-refractivity contribution in [3.8, 4) is 0 Å². The van der Waals surface area contributed by atoms with Crippen LogP contribution in [0.4, 0.5) is 28.7 Å². The Morgan fingerprint density at radius 3 is 1.83 bits per heavy atom. The lowest BCUT2D eigenvalue weighted by Gasteiger charge is -2.18. The van der Waals surface area contributed by atoms with Crippen LogP contribution in [0.1, 0.15) is 13.8 Å². The molecule has 158 valence electrons. The highest BCUT2D eigenvalue weighted by molar-refractivity contribution is 9.10. The molecule has 0 amide bonds. The summed E-state index contributed by atoms with van der Waals surface area (Å²) in [6, 6.07) is 14.1. The van der Waals surface area contributed by atoms with Crippen molar-refractivity contribution in [1.29, 1.82) is 0 Å². The number of sulfonamides is 1. The standard InChI is InChI=1S/C20H23BrN6O2S/c1-3-27(4-2)30(28,29)17-11-9-16(10-12-17)26-20-18(22)19(23-13-24-20)25-15-7-5-14(21)6-8-15/h5-13H,3-4,22H2,1-2H3,(H2,23,24,25,26). The van der Waals surface area contributed by atoms with Crippen LogP contribution in [0.5, 0.6) is 0 Å². The molecule has 0 bridgehead atoms. The lowest BCUT2D eigenvalue weighted by molar-refractivity contribution is 0.445. The van der Waals surface area contributed by atoms with Crippen molar-refractivity contribution >= 4 is 54.7 Å². The molecule has 8 nitrogen and oxygen atoms in total. The van der Waals surface area contributed by atoms with E-state index in [-0.39, 0.29) is 4.90 Å². The number of nitrogens with zero attached hydrogens (tertiary/aromatic N) is 3. The van der Waals surface area contributed by atoms with Crippen LogP contribution >= 0.6 is 15.9 Å². The van der Waals surface area contributed by atoms with Crippen LogP contribution in [0, 0.1) is 0 Å². The summed E-state index contributed by atoms with van der Waals surface area (Å²) in [6.07, 6.45) is 1.40. The fraction of sp³-hybridized carbons (Fsp3) is 0.200. The van der Waals surface area contributed by atoms with E-state index < -0.39 is 10.0 Å². The Balaban J connectivity index is 1.79. The van der Waals surface area contributed by atoms with Gasteiger partial charge in [-0.25, -0.2) is 18.4 Å². The summed E-state index contributed by atoms with van der Waals surface area (Å²) in [6.45, 7) is 4.47. The Kier molecular flexibility index (Phi) is 6.91. The van der Waals surface area contributed by atoms with Crippen molar-refractivity contribution in [3.05, 3.63) is 59.3 Å². The average Bonchev–Trinajstić information content (AvgIpc) is 2.73. The zero-order chi connectivity index (χ0) is 21.7. The first-order chi connectivity index (χ1) is 14.3. The van der Waals surface area contributed by atoms with Crippen molar-refractivity contribution in [2.75, 3.05) is 29.5 Å². The van der Waals surface area contributed by atoms with E-state index >= 15 is 0 Å². The molecule has 0 aliphatic carbocycles. The van der Waals surface area contributed by atoms with Gasteiger partial charge in [-0.15, -0.1) is 0 Å². The Morgan fingerprint density at radius 2 is 1.37 bits per heavy atom. The second-order valence-electron chi connectivity index (χ2n) is 6.36. The zero-order valence-electron chi connectivity index (χ0n) is 16.6. The minimum Gasteiger partial charge on any atom is -0.393 e. The Bertz CT molecular complexity index is 1100. The molecule has 0 saturated carbocycles. The maximum atomic E-state index is 12.6. The van der Waals surface area contributed by atoms with Gasteiger partial charge >= 0.3 is 0 Å². The maximum Gasteiger partial charge on any atom is 0.243 e. The van der Waals surface area contributed by atoms with Crippen LogP contribution < -0.4 is 16.4 Å². The van der Waals surface area contributed by atoms with Crippen molar-refractivity contribution in [1.82, 2.24) is 14.3 Å². The molecule has 0 radical (unpaired) electrons. The number of benzene rings is 2. The number of hydrogen-bond donors (Lipinski definition) is 3. The molecule has 10 heteroatoms. The summed E-state index contributed by atoms with van der Waals surface area (Å²) in [5.41, 5.74) is 8.06. The third-order valence-electron chi connectivity index (χ3n) is 4.45. The smallest absolute Gasteiger partial charge is 0.243 e. The first-order valence-electron chi connectivity index (χ1n) is 9.35. The predicted octanol–water partition coefficient (Wildman–Crippen LogP) is 4.34. The van der Waals surface area contributed by atoms with Crippen molar-refractivity contribution in [2.24, 2.45) is 0 Å². The first-order valence-corrected chi connectivity index (χ1v) is 11.6. The highest BCUT2D eigenvalue weighted by Crippen LogP contribution is 2.29. The van der Waals surface area contributed by atoms with E-state index in [1.54, 1.807) is 24.3 Å². The van der Waals surface area contributed by atoms with E-state index in [1.807, 2.05) is 38.1 Å². The third-order valence-corrected chi connectivity index (χ3v) is 7.04. The summed E-state index contributed by atoms with van der Waals surface area (Å²) in [7, 11) is -3.50. The molecule has 3 aromatic rings. The molecular formula is C20H23BrN6O2S. The second kappa shape index (κ2) is 9.41. The molecule has 3 rings (SSSR count). The van der Waals surface area contributed by atoms with Crippen LogP contribution in [0.3, 0.4) is 0 Å². The number of aromatic nitrogens is 2. The van der Waals surface area contributed by atoms with Gasteiger partial charge in [0.15, 0.2) is 11.6 Å². The van der Waals surface area contributed by atoms with Crippen LogP contribution in [0.25, 0.3) is 0 Å². The zero-order valence-corrected chi connectivity index (χ0v) is 19.0. The molecule has 2 aromatic carbocycles. The van der Waals surface area contributed by atoms with Crippen molar-refractivity contribution in [2.45, 2.75) is 18.7 Å². The number of hydrogen-bond acceptors (Lipinski definition) is 7. The van der Waals surface area contributed by atoms with Crippen LogP contribution in [0.15, 0.2) is 64.2 Å². The molecule has 0 fully saturated rings. The Morgan fingerprint density at radius 1 is 0.900 bits per heavy atom. The van der Waals surface area contributed by atoms with Crippen LogP contribution in [-0.4, -0.2) is 35.8 Å². The molecule has 0 unspecified atom stereocenters. The molecule has 30 heavy (non-hydrogen) atoms. The van der Waals surface area contributed by atoms with Gasteiger partial charge in [-0.3, -0.25) is 0 Å². The minimum atomic E-state index is -3.50. The molecule has 1 heterocycles. The molecule has 0 atom stereocenters. The minimum absolute atomic E-state index is 0.241. The normalized spacial score (nSPS) is 11.5. The van der Waals surface area contributed by atoms with Crippen molar-refractivity contribution < 1.29 is 8.42 Å². The number of anilines is 5. The molecule has 0 aliphatic rings. The van der Waals surface area contributed by atoms with Gasteiger partial charge < -0.3 is 16.4 Å². The lowest BCUT2D eigenvalue weighted by Crippen LogP contribution is -2.30. The molecule has 0 aliphatic heterocycles. The lowest BCUT2D eigenvalue weighted by atomic mass is 10.3. The van der Waals surface area contributed by atoms with Gasteiger partial charge in [-0.1, -0.05) is 29.8 Å². The summed E-state index contributed by atoms with van der Waals surface area (Å²) in [4.78, 5) is 8.63. The summed E-state index contributed by atoms with van der Waals surface area (Å²) in [5, 5.41) is 6.27. The number of nitrogen functional groups attached to an aromatic ring is 1. The molecule has 1 aromatic heterocycles. The highest BCUT2D eigenvalue weighted by Gasteiger charge is 2.21. The summed E-state index contributed by atoms with van der Waals surface area (Å²) >= 11 is 3.40. The average molecular weight is 491 g/mol. The topological polar surface area (TPSA) is 113 Å². The van der Waals surface area contributed by atoms with Gasteiger partial charge in [0.1, 0.15) is 12.0 Å². The largest absolute Gasteiger partial charge is 0.393 e. The maximum absolute atomic E-state index is 12.6. The number of nitrogens with two attached hydrogens (primary N) is 1. The fourth-order valence-corrected chi connectivity index (χ4v) is 4.55. The molecule has 0 saturated heterocycles. The van der Waals surface area contributed by atoms with E-state index in [0.29, 0.717) is 36.1 Å². The highest BCUT2D eigenvalue weighted by atomic mass is 79.9. The molecule has 0 spiro atoms. The van der Waals surface area contributed by atoms with Crippen molar-refractivity contribution in [3.63, 3.8) is 0 Å². The van der Waals surface area contributed by atoms with E-state index in [1.165, 1.54) is 10.6 Å².